The Morgan fingerprint density at radius 1 is 1.15 bits per heavy atom. The molecule has 1 spiro atoms. The molecule has 34 heavy (non-hydrogen) atoms. The number of halogens is 1. The quantitative estimate of drug-likeness (QED) is 0.408. The normalized spacial score (nSPS) is 28.4. The lowest BCUT2D eigenvalue weighted by molar-refractivity contribution is -0.384. The Hall–Kier alpha value is -3.86. The predicted molar refractivity (Wildman–Crippen MR) is 118 cm³/mol. The van der Waals surface area contributed by atoms with Crippen LogP contribution in [0.5, 0.6) is 0 Å². The van der Waals surface area contributed by atoms with Gasteiger partial charge in [-0.1, -0.05) is 0 Å². The van der Waals surface area contributed by atoms with E-state index in [-0.39, 0.29) is 23.9 Å². The van der Waals surface area contributed by atoms with E-state index >= 15 is 0 Å². The highest BCUT2D eigenvalue weighted by atomic mass is 19.1. The van der Waals surface area contributed by atoms with Gasteiger partial charge in [-0.05, 0) is 49.7 Å². The molecule has 4 atom stereocenters. The van der Waals surface area contributed by atoms with Crippen molar-refractivity contribution in [2.24, 2.45) is 5.41 Å². The number of nitrogens with zero attached hydrogens (tertiary/aromatic N) is 3. The van der Waals surface area contributed by atoms with E-state index in [0.717, 1.165) is 17.0 Å². The van der Waals surface area contributed by atoms with Crippen LogP contribution >= 0.6 is 0 Å². The maximum atomic E-state index is 14.1. The van der Waals surface area contributed by atoms with Crippen molar-refractivity contribution in [1.29, 1.82) is 0 Å². The Morgan fingerprint density at radius 3 is 2.53 bits per heavy atom. The molecule has 0 aliphatic carbocycles. The van der Waals surface area contributed by atoms with E-state index in [9.17, 15) is 28.9 Å². The molecule has 11 heteroatoms. The van der Waals surface area contributed by atoms with Crippen LogP contribution in [0.25, 0.3) is 0 Å². The minimum atomic E-state index is -1.80. The number of nitrogens with one attached hydrogen (secondary N) is 1. The van der Waals surface area contributed by atoms with E-state index in [2.05, 4.69) is 5.32 Å². The van der Waals surface area contributed by atoms with Crippen LogP contribution in [-0.2, 0) is 20.7 Å². The number of fused-ring (bicyclic) bond motifs is 4. The van der Waals surface area contributed by atoms with Crippen LogP contribution in [0.4, 0.5) is 26.2 Å². The first-order valence-electron chi connectivity index (χ1n) is 10.8. The molecule has 5 rings (SSSR count). The Labute approximate surface area is 193 Å². The van der Waals surface area contributed by atoms with E-state index in [1.165, 1.54) is 24.3 Å². The first-order chi connectivity index (χ1) is 16.1. The molecule has 0 radical (unpaired) electrons. The van der Waals surface area contributed by atoms with Crippen molar-refractivity contribution in [2.75, 3.05) is 16.3 Å². The van der Waals surface area contributed by atoms with Gasteiger partial charge in [0.05, 0.1) is 28.9 Å². The van der Waals surface area contributed by atoms with Gasteiger partial charge in [0.25, 0.3) is 11.6 Å². The zero-order valence-corrected chi connectivity index (χ0v) is 18.4. The highest BCUT2D eigenvalue weighted by Gasteiger charge is 2.65. The maximum absolute atomic E-state index is 14.1. The number of imide groups is 2. The molecule has 3 aliphatic rings. The standard InChI is InChI=1S/C23H21FN4O6/c1-12-11-26-18-8-7-17(28(32)33)9-14(18)10-23(19(26)13(2)34-12)20(29)25-22(31)27(21(23)30)16-5-3-15(24)4-6-16/h3-9,12-13,19H,10-11H2,1-2H3,(H,25,29,31)/t12-,13+,19+,23-/m1/s1. The minimum Gasteiger partial charge on any atom is -0.372 e. The summed E-state index contributed by atoms with van der Waals surface area (Å²) in [6.07, 6.45) is -0.978. The average molecular weight is 468 g/mol. The molecule has 2 saturated heterocycles. The van der Waals surface area contributed by atoms with Gasteiger partial charge >= 0.3 is 6.03 Å². The molecule has 0 unspecified atom stereocenters. The third-order valence-electron chi connectivity index (χ3n) is 6.74. The number of benzene rings is 2. The number of morpholine rings is 1. The molecule has 0 aromatic heterocycles. The number of hydrogen-bond acceptors (Lipinski definition) is 7. The molecule has 0 saturated carbocycles. The molecule has 2 fully saturated rings. The van der Waals surface area contributed by atoms with Gasteiger partial charge in [-0.15, -0.1) is 0 Å². The highest BCUT2D eigenvalue weighted by Crippen LogP contribution is 2.48. The molecule has 3 aliphatic heterocycles. The number of ether oxygens (including phenoxy) is 1. The molecule has 3 heterocycles. The molecule has 0 bridgehead atoms. The van der Waals surface area contributed by atoms with E-state index in [1.54, 1.807) is 13.0 Å². The second kappa shape index (κ2) is 7.59. The Bertz CT molecular complexity index is 1230. The number of amides is 4. The summed E-state index contributed by atoms with van der Waals surface area (Å²) in [5.41, 5.74) is -0.746. The van der Waals surface area contributed by atoms with Crippen molar-refractivity contribution in [2.45, 2.75) is 38.5 Å². The first kappa shape index (κ1) is 22.0. The summed E-state index contributed by atoms with van der Waals surface area (Å²) in [6.45, 7) is 3.95. The Balaban J connectivity index is 1.70. The number of rotatable bonds is 2. The van der Waals surface area contributed by atoms with Crippen molar-refractivity contribution in [3.8, 4) is 0 Å². The number of barbiturate groups is 1. The van der Waals surface area contributed by atoms with E-state index < -0.39 is 46.1 Å². The van der Waals surface area contributed by atoms with Crippen molar-refractivity contribution in [1.82, 2.24) is 5.32 Å². The van der Waals surface area contributed by atoms with Gasteiger partial charge in [0.1, 0.15) is 5.82 Å². The molecule has 10 nitrogen and oxygen atoms in total. The molecule has 2 aromatic rings. The summed E-state index contributed by atoms with van der Waals surface area (Å²) < 4.78 is 19.5. The first-order valence-corrected chi connectivity index (χ1v) is 10.8. The number of carbonyl (C=O) groups is 3. The number of urea groups is 1. The van der Waals surface area contributed by atoms with Crippen molar-refractivity contribution >= 4 is 34.9 Å². The smallest absolute Gasteiger partial charge is 0.335 e. The Kier molecular flexibility index (Phi) is 4.90. The van der Waals surface area contributed by atoms with Gasteiger partial charge < -0.3 is 9.64 Å². The van der Waals surface area contributed by atoms with Gasteiger partial charge in [0, 0.05) is 30.8 Å². The summed E-state index contributed by atoms with van der Waals surface area (Å²) in [5, 5.41) is 13.7. The van der Waals surface area contributed by atoms with Crippen LogP contribution in [0.3, 0.4) is 0 Å². The third kappa shape index (κ3) is 3.07. The second-order valence-electron chi connectivity index (χ2n) is 8.84. The highest BCUT2D eigenvalue weighted by molar-refractivity contribution is 6.30. The third-order valence-corrected chi connectivity index (χ3v) is 6.74. The predicted octanol–water partition coefficient (Wildman–Crippen LogP) is 2.54. The SMILES string of the molecule is C[C@@H]1CN2c3ccc([N+](=O)[O-])cc3C[C@]3(C(=O)NC(=O)N(c4ccc(F)cc4)C3=O)[C@@H]2[C@H](C)O1. The van der Waals surface area contributed by atoms with Crippen molar-refractivity contribution in [3.63, 3.8) is 0 Å². The topological polar surface area (TPSA) is 122 Å². The summed E-state index contributed by atoms with van der Waals surface area (Å²) in [5.74, 6) is -2.13. The fourth-order valence-electron chi connectivity index (χ4n) is 5.45. The fraction of sp³-hybridized carbons (Fsp3) is 0.348. The number of nitro benzene ring substituents is 1. The van der Waals surface area contributed by atoms with Gasteiger partial charge in [0.2, 0.25) is 5.91 Å². The summed E-state index contributed by atoms with van der Waals surface area (Å²) in [7, 11) is 0. The molecular weight excluding hydrogens is 447 g/mol. The zero-order valence-electron chi connectivity index (χ0n) is 18.4. The molecule has 4 amide bonds. The van der Waals surface area contributed by atoms with Crippen LogP contribution in [0.2, 0.25) is 0 Å². The number of carbonyl (C=O) groups excluding carboxylic acids is 3. The molecule has 2 aromatic carbocycles. The maximum Gasteiger partial charge on any atom is 0.335 e. The minimum absolute atomic E-state index is 0.102. The number of hydrogen-bond donors (Lipinski definition) is 1. The van der Waals surface area contributed by atoms with Gasteiger partial charge in [-0.2, -0.15) is 0 Å². The van der Waals surface area contributed by atoms with Crippen LogP contribution in [0.15, 0.2) is 42.5 Å². The lowest BCUT2D eigenvalue weighted by Crippen LogP contribution is -2.76. The average Bonchev–Trinajstić information content (AvgIpc) is 2.78. The fourth-order valence-corrected chi connectivity index (χ4v) is 5.45. The number of nitro groups is 1. The van der Waals surface area contributed by atoms with Crippen LogP contribution in [0, 0.1) is 21.3 Å². The zero-order chi connectivity index (χ0) is 24.4. The van der Waals surface area contributed by atoms with Gasteiger partial charge in [-0.25, -0.2) is 14.1 Å². The summed E-state index contributed by atoms with van der Waals surface area (Å²) >= 11 is 0. The van der Waals surface area contributed by atoms with E-state index in [1.807, 2.05) is 11.8 Å². The summed E-state index contributed by atoms with van der Waals surface area (Å²) in [4.78, 5) is 53.9. The molecular formula is C23H21FN4O6. The lowest BCUT2D eigenvalue weighted by atomic mass is 9.66. The van der Waals surface area contributed by atoms with E-state index in [0.29, 0.717) is 17.8 Å². The molecule has 176 valence electrons. The molecule has 1 N–H and O–H groups in total. The van der Waals surface area contributed by atoms with Gasteiger partial charge in [-0.3, -0.25) is 25.0 Å². The van der Waals surface area contributed by atoms with Crippen LogP contribution in [-0.4, -0.2) is 47.6 Å². The van der Waals surface area contributed by atoms with Crippen molar-refractivity contribution in [3.05, 3.63) is 64.0 Å². The number of anilines is 2. The van der Waals surface area contributed by atoms with Crippen LogP contribution < -0.4 is 15.1 Å². The number of non-ortho nitro benzene ring substituents is 1. The lowest BCUT2D eigenvalue weighted by Gasteiger charge is -2.56. The largest absolute Gasteiger partial charge is 0.372 e. The van der Waals surface area contributed by atoms with Crippen LogP contribution in [0.1, 0.15) is 19.4 Å². The monoisotopic (exact) mass is 468 g/mol. The second-order valence-corrected chi connectivity index (χ2v) is 8.84. The van der Waals surface area contributed by atoms with Gasteiger partial charge in [0.15, 0.2) is 5.41 Å². The Morgan fingerprint density at radius 2 is 1.85 bits per heavy atom. The summed E-state index contributed by atoms with van der Waals surface area (Å²) in [6, 6.07) is 7.41. The van der Waals surface area contributed by atoms with Crippen molar-refractivity contribution < 1.29 is 28.4 Å². The van der Waals surface area contributed by atoms with E-state index in [4.69, 9.17) is 4.74 Å².